The van der Waals surface area contributed by atoms with Crippen molar-refractivity contribution >= 4 is 5.65 Å². The summed E-state index contributed by atoms with van der Waals surface area (Å²) < 4.78 is 11.9. The molecule has 6 heteroatoms. The quantitative estimate of drug-likeness (QED) is 0.735. The topological polar surface area (TPSA) is 68.6 Å². The van der Waals surface area contributed by atoms with Crippen LogP contribution in [0.3, 0.4) is 0 Å². The number of nitrogens with one attached hydrogen (secondary N) is 1. The first kappa shape index (κ1) is 8.63. The van der Waals surface area contributed by atoms with Crippen molar-refractivity contribution in [1.82, 2.24) is 14.6 Å². The van der Waals surface area contributed by atoms with E-state index in [9.17, 15) is 4.79 Å². The van der Waals surface area contributed by atoms with E-state index in [0.717, 1.165) is 0 Å². The third kappa shape index (κ3) is 1.26. The predicted octanol–water partition coefficient (Wildman–Crippen LogP) is 0.414. The Hall–Kier alpha value is -1.66. The minimum atomic E-state index is -0.465. The highest BCUT2D eigenvalue weighted by Gasteiger charge is 2.29. The number of hydrogen-bond acceptors (Lipinski definition) is 4. The lowest BCUT2D eigenvalue weighted by Gasteiger charge is -2.33. The van der Waals surface area contributed by atoms with Gasteiger partial charge in [0.25, 0.3) is 5.56 Å². The molecule has 1 N–H and O–H groups in total. The van der Waals surface area contributed by atoms with E-state index in [0.29, 0.717) is 11.3 Å². The molecule has 1 aliphatic rings. The Bertz CT molecular complexity index is 553. The average Bonchev–Trinajstić information content (AvgIpc) is 2.61. The van der Waals surface area contributed by atoms with Crippen molar-refractivity contribution < 1.29 is 9.47 Å². The van der Waals surface area contributed by atoms with Crippen LogP contribution in [0.2, 0.25) is 0 Å². The summed E-state index contributed by atoms with van der Waals surface area (Å²) >= 11 is 0. The molecule has 1 fully saturated rings. The van der Waals surface area contributed by atoms with Crippen LogP contribution in [0.15, 0.2) is 23.1 Å². The largest absolute Gasteiger partial charge is 0.339 e. The van der Waals surface area contributed by atoms with Gasteiger partial charge in [0.2, 0.25) is 6.29 Å². The van der Waals surface area contributed by atoms with Gasteiger partial charge in [-0.05, 0) is 6.92 Å². The van der Waals surface area contributed by atoms with Crippen molar-refractivity contribution in [3.05, 3.63) is 34.4 Å². The van der Waals surface area contributed by atoms with Gasteiger partial charge in [0.1, 0.15) is 5.65 Å². The molecule has 2 aromatic rings. The van der Waals surface area contributed by atoms with E-state index < -0.39 is 6.29 Å². The summed E-state index contributed by atoms with van der Waals surface area (Å²) in [6.45, 7) is 1.80. The normalized spacial score (nSPS) is 25.4. The molecule has 0 aromatic carbocycles. The standard InChI is InChI=1S/C9H9N3O3/c1-5-14-9(15-5)6-4-8(13)12-7(11-6)2-3-10-12/h2-5,9,11H,1H3. The van der Waals surface area contributed by atoms with Crippen molar-refractivity contribution in [2.75, 3.05) is 0 Å². The zero-order valence-corrected chi connectivity index (χ0v) is 8.01. The van der Waals surface area contributed by atoms with E-state index in [1.165, 1.54) is 10.6 Å². The molecular formula is C9H9N3O3. The molecule has 0 atom stereocenters. The number of ether oxygens (including phenoxy) is 2. The summed E-state index contributed by atoms with van der Waals surface area (Å²) in [4.78, 5) is 14.6. The fourth-order valence-electron chi connectivity index (χ4n) is 1.58. The molecule has 0 unspecified atom stereocenters. The second kappa shape index (κ2) is 2.91. The third-order valence-electron chi connectivity index (χ3n) is 2.29. The number of fused-ring (bicyclic) bond motifs is 1. The Kier molecular flexibility index (Phi) is 1.68. The smallest absolute Gasteiger partial charge is 0.274 e. The minimum Gasteiger partial charge on any atom is -0.339 e. The van der Waals surface area contributed by atoms with Gasteiger partial charge in [0.15, 0.2) is 6.29 Å². The van der Waals surface area contributed by atoms with Gasteiger partial charge in [-0.25, -0.2) is 0 Å². The van der Waals surface area contributed by atoms with E-state index in [1.807, 2.05) is 0 Å². The van der Waals surface area contributed by atoms with Gasteiger partial charge in [0.05, 0.1) is 11.9 Å². The fourth-order valence-corrected chi connectivity index (χ4v) is 1.58. The molecule has 0 saturated carbocycles. The maximum Gasteiger partial charge on any atom is 0.274 e. The van der Waals surface area contributed by atoms with E-state index >= 15 is 0 Å². The Labute approximate surface area is 84.4 Å². The zero-order chi connectivity index (χ0) is 10.4. The summed E-state index contributed by atoms with van der Waals surface area (Å²) in [7, 11) is 0. The van der Waals surface area contributed by atoms with Gasteiger partial charge < -0.3 is 14.5 Å². The molecule has 1 saturated heterocycles. The third-order valence-corrected chi connectivity index (χ3v) is 2.29. The lowest BCUT2D eigenvalue weighted by Crippen LogP contribution is -2.33. The summed E-state index contributed by atoms with van der Waals surface area (Å²) in [6.07, 6.45) is 0.884. The molecule has 0 amide bonds. The fraction of sp³-hybridized carbons (Fsp3) is 0.333. The van der Waals surface area contributed by atoms with Crippen LogP contribution in [0, 0.1) is 0 Å². The minimum absolute atomic E-state index is 0.199. The first-order valence-corrected chi connectivity index (χ1v) is 4.62. The Balaban J connectivity index is 2.09. The number of H-pyrrole nitrogens is 1. The van der Waals surface area contributed by atoms with Gasteiger partial charge >= 0.3 is 0 Å². The lowest BCUT2D eigenvalue weighted by atomic mass is 10.3. The van der Waals surface area contributed by atoms with Crippen LogP contribution in [0.5, 0.6) is 0 Å². The second-order valence-corrected chi connectivity index (χ2v) is 3.36. The van der Waals surface area contributed by atoms with Crippen molar-refractivity contribution in [3.63, 3.8) is 0 Å². The molecule has 0 spiro atoms. The highest BCUT2D eigenvalue weighted by Crippen LogP contribution is 2.29. The van der Waals surface area contributed by atoms with Gasteiger partial charge in [-0.1, -0.05) is 0 Å². The van der Waals surface area contributed by atoms with Gasteiger partial charge in [-0.3, -0.25) is 4.79 Å². The van der Waals surface area contributed by atoms with Crippen LogP contribution in [0.1, 0.15) is 18.9 Å². The Morgan fingerprint density at radius 2 is 2.33 bits per heavy atom. The molecule has 0 radical (unpaired) electrons. The summed E-state index contributed by atoms with van der Waals surface area (Å²) in [5.41, 5.74) is 1.05. The number of rotatable bonds is 1. The van der Waals surface area contributed by atoms with Gasteiger partial charge in [-0.15, -0.1) is 0 Å². The van der Waals surface area contributed by atoms with Crippen LogP contribution >= 0.6 is 0 Å². The summed E-state index contributed by atoms with van der Waals surface area (Å²) in [5.74, 6) is 0. The molecule has 3 heterocycles. The maximum absolute atomic E-state index is 11.6. The van der Waals surface area contributed by atoms with E-state index in [4.69, 9.17) is 9.47 Å². The molecule has 6 nitrogen and oxygen atoms in total. The van der Waals surface area contributed by atoms with Crippen molar-refractivity contribution in [2.45, 2.75) is 19.5 Å². The monoisotopic (exact) mass is 207 g/mol. The number of nitrogens with zero attached hydrogens (tertiary/aromatic N) is 2. The lowest BCUT2D eigenvalue weighted by molar-refractivity contribution is -0.383. The van der Waals surface area contributed by atoms with E-state index in [2.05, 4.69) is 10.1 Å². The molecule has 78 valence electrons. The molecule has 0 bridgehead atoms. The Morgan fingerprint density at radius 1 is 1.53 bits per heavy atom. The van der Waals surface area contributed by atoms with E-state index in [1.54, 1.807) is 19.2 Å². The molecule has 3 rings (SSSR count). The van der Waals surface area contributed by atoms with Crippen LogP contribution in [-0.4, -0.2) is 20.9 Å². The number of aromatic nitrogens is 3. The van der Waals surface area contributed by atoms with E-state index in [-0.39, 0.29) is 11.8 Å². The van der Waals surface area contributed by atoms with Crippen LogP contribution in [0.25, 0.3) is 5.65 Å². The van der Waals surface area contributed by atoms with Gasteiger partial charge in [0, 0.05) is 12.1 Å². The SMILES string of the molecule is CC1OC(c2cc(=O)n3nccc3[nH]2)O1. The van der Waals surface area contributed by atoms with Crippen molar-refractivity contribution in [2.24, 2.45) is 0 Å². The van der Waals surface area contributed by atoms with Crippen molar-refractivity contribution in [1.29, 1.82) is 0 Å². The van der Waals surface area contributed by atoms with Gasteiger partial charge in [-0.2, -0.15) is 9.61 Å². The molecular weight excluding hydrogens is 198 g/mol. The predicted molar refractivity (Wildman–Crippen MR) is 50.2 cm³/mol. The highest BCUT2D eigenvalue weighted by molar-refractivity contribution is 5.36. The number of aromatic amines is 1. The van der Waals surface area contributed by atoms with Crippen LogP contribution in [0.4, 0.5) is 0 Å². The number of hydrogen-bond donors (Lipinski definition) is 1. The molecule has 2 aromatic heterocycles. The first-order valence-electron chi connectivity index (χ1n) is 4.62. The summed E-state index contributed by atoms with van der Waals surface area (Å²) in [6, 6.07) is 3.14. The average molecular weight is 207 g/mol. The van der Waals surface area contributed by atoms with Crippen molar-refractivity contribution in [3.8, 4) is 0 Å². The van der Waals surface area contributed by atoms with Crippen LogP contribution in [-0.2, 0) is 9.47 Å². The second-order valence-electron chi connectivity index (χ2n) is 3.36. The Morgan fingerprint density at radius 3 is 3.07 bits per heavy atom. The molecule has 0 aliphatic carbocycles. The summed E-state index contributed by atoms with van der Waals surface area (Å²) in [5, 5.41) is 3.87. The molecule has 15 heavy (non-hydrogen) atoms. The molecule has 1 aliphatic heterocycles. The maximum atomic E-state index is 11.6. The highest BCUT2D eigenvalue weighted by atomic mass is 16.9. The zero-order valence-electron chi connectivity index (χ0n) is 8.01. The van der Waals surface area contributed by atoms with Crippen LogP contribution < -0.4 is 5.56 Å². The first-order chi connectivity index (χ1) is 7.24.